The average molecular weight is 169 g/mol. The quantitative estimate of drug-likeness (QED) is 0.544. The minimum absolute atomic E-state index is 0.184. The van der Waals surface area contributed by atoms with E-state index in [0.717, 1.165) is 18.5 Å². The third-order valence-corrected chi connectivity index (χ3v) is 2.13. The third-order valence-electron chi connectivity index (χ3n) is 2.13. The van der Waals surface area contributed by atoms with Crippen LogP contribution in [0.2, 0.25) is 0 Å². The Balaban J connectivity index is 0.000000561. The molecular weight excluding hydrogens is 150 g/mol. The van der Waals surface area contributed by atoms with E-state index in [9.17, 15) is 4.79 Å². The maximum atomic E-state index is 11.2. The SMILES string of the molecule is CC.CC1=C(C)C(=O)N(C)CC1. The smallest absolute Gasteiger partial charge is 0.249 e. The fourth-order valence-electron chi connectivity index (χ4n) is 1.09. The van der Waals surface area contributed by atoms with Crippen LogP contribution in [0.5, 0.6) is 0 Å². The summed E-state index contributed by atoms with van der Waals surface area (Å²) < 4.78 is 0. The number of amides is 1. The molecule has 1 aliphatic rings. The van der Waals surface area contributed by atoms with Gasteiger partial charge < -0.3 is 4.90 Å². The van der Waals surface area contributed by atoms with Crippen molar-refractivity contribution in [2.24, 2.45) is 0 Å². The summed E-state index contributed by atoms with van der Waals surface area (Å²) in [6.45, 7) is 8.80. The highest BCUT2D eigenvalue weighted by Crippen LogP contribution is 2.16. The number of carbonyl (C=O) groups is 1. The average Bonchev–Trinajstić information content (AvgIpc) is 2.12. The van der Waals surface area contributed by atoms with Gasteiger partial charge in [0.1, 0.15) is 0 Å². The van der Waals surface area contributed by atoms with E-state index in [2.05, 4.69) is 0 Å². The molecule has 0 aromatic rings. The molecule has 0 aromatic carbocycles. The van der Waals surface area contributed by atoms with Gasteiger partial charge in [0.15, 0.2) is 0 Å². The van der Waals surface area contributed by atoms with Crippen LogP contribution in [0.15, 0.2) is 11.1 Å². The van der Waals surface area contributed by atoms with Crippen molar-refractivity contribution in [1.82, 2.24) is 4.90 Å². The molecule has 0 bridgehead atoms. The van der Waals surface area contributed by atoms with E-state index in [1.807, 2.05) is 34.7 Å². The molecule has 1 rings (SSSR count). The molecule has 0 fully saturated rings. The van der Waals surface area contributed by atoms with Gasteiger partial charge in [-0.3, -0.25) is 4.79 Å². The zero-order valence-corrected chi connectivity index (χ0v) is 8.77. The summed E-state index contributed by atoms with van der Waals surface area (Å²) in [4.78, 5) is 13.0. The van der Waals surface area contributed by atoms with Gasteiger partial charge in [0, 0.05) is 19.2 Å². The summed E-state index contributed by atoms with van der Waals surface area (Å²) >= 11 is 0. The van der Waals surface area contributed by atoms with Gasteiger partial charge in [-0.2, -0.15) is 0 Å². The second kappa shape index (κ2) is 4.96. The predicted molar refractivity (Wildman–Crippen MR) is 52.0 cm³/mol. The maximum Gasteiger partial charge on any atom is 0.249 e. The summed E-state index contributed by atoms with van der Waals surface area (Å²) in [6, 6.07) is 0. The molecule has 2 nitrogen and oxygen atoms in total. The summed E-state index contributed by atoms with van der Waals surface area (Å²) in [5.74, 6) is 0.184. The summed E-state index contributed by atoms with van der Waals surface area (Å²) in [6.07, 6.45) is 1.04. The number of hydrogen-bond donors (Lipinski definition) is 0. The highest BCUT2D eigenvalue weighted by Gasteiger charge is 2.17. The Bertz CT molecular complexity index is 194. The molecular formula is C10H19NO. The lowest BCUT2D eigenvalue weighted by Crippen LogP contribution is -2.32. The summed E-state index contributed by atoms with van der Waals surface area (Å²) in [7, 11) is 1.85. The van der Waals surface area contributed by atoms with Crippen molar-refractivity contribution >= 4 is 5.91 Å². The van der Waals surface area contributed by atoms with Crippen LogP contribution in [0.1, 0.15) is 34.1 Å². The Kier molecular flexibility index (Phi) is 4.64. The van der Waals surface area contributed by atoms with Crippen molar-refractivity contribution in [2.75, 3.05) is 13.6 Å². The number of rotatable bonds is 0. The first-order chi connectivity index (χ1) is 5.63. The van der Waals surface area contributed by atoms with Gasteiger partial charge in [0.05, 0.1) is 0 Å². The largest absolute Gasteiger partial charge is 0.342 e. The van der Waals surface area contributed by atoms with Gasteiger partial charge in [-0.25, -0.2) is 0 Å². The second-order valence-corrected chi connectivity index (χ2v) is 2.88. The molecule has 0 aromatic heterocycles. The first-order valence-corrected chi connectivity index (χ1v) is 4.54. The van der Waals surface area contributed by atoms with E-state index < -0.39 is 0 Å². The zero-order valence-electron chi connectivity index (χ0n) is 8.77. The Morgan fingerprint density at radius 2 is 1.75 bits per heavy atom. The second-order valence-electron chi connectivity index (χ2n) is 2.88. The molecule has 0 unspecified atom stereocenters. The highest BCUT2D eigenvalue weighted by atomic mass is 16.2. The summed E-state index contributed by atoms with van der Waals surface area (Å²) in [5.41, 5.74) is 2.16. The molecule has 1 aliphatic heterocycles. The molecule has 12 heavy (non-hydrogen) atoms. The predicted octanol–water partition coefficient (Wildman–Crippen LogP) is 2.21. The van der Waals surface area contributed by atoms with Crippen molar-refractivity contribution in [3.63, 3.8) is 0 Å². The number of nitrogens with zero attached hydrogens (tertiary/aromatic N) is 1. The zero-order chi connectivity index (χ0) is 9.72. The molecule has 0 saturated heterocycles. The van der Waals surface area contributed by atoms with Crippen LogP contribution in [0, 0.1) is 0 Å². The van der Waals surface area contributed by atoms with Crippen LogP contribution < -0.4 is 0 Å². The van der Waals surface area contributed by atoms with E-state index in [4.69, 9.17) is 0 Å². The van der Waals surface area contributed by atoms with E-state index in [1.165, 1.54) is 5.57 Å². The minimum Gasteiger partial charge on any atom is -0.342 e. The lowest BCUT2D eigenvalue weighted by molar-refractivity contribution is -0.126. The van der Waals surface area contributed by atoms with Crippen molar-refractivity contribution in [3.05, 3.63) is 11.1 Å². The van der Waals surface area contributed by atoms with Gasteiger partial charge >= 0.3 is 0 Å². The molecule has 1 heterocycles. The van der Waals surface area contributed by atoms with E-state index in [1.54, 1.807) is 4.90 Å². The molecule has 1 amide bonds. The number of hydrogen-bond acceptors (Lipinski definition) is 1. The third kappa shape index (κ3) is 2.36. The molecule has 0 radical (unpaired) electrons. The first kappa shape index (κ1) is 11.2. The molecule has 0 N–H and O–H groups in total. The normalized spacial score (nSPS) is 17.4. The van der Waals surface area contributed by atoms with Crippen molar-refractivity contribution in [3.8, 4) is 0 Å². The number of carbonyl (C=O) groups excluding carboxylic acids is 1. The fraction of sp³-hybridized carbons (Fsp3) is 0.700. The Morgan fingerprint density at radius 1 is 1.25 bits per heavy atom. The van der Waals surface area contributed by atoms with Gasteiger partial charge in [0.25, 0.3) is 0 Å². The monoisotopic (exact) mass is 169 g/mol. The molecule has 70 valence electrons. The Morgan fingerprint density at radius 3 is 2.17 bits per heavy atom. The topological polar surface area (TPSA) is 20.3 Å². The van der Waals surface area contributed by atoms with Crippen LogP contribution >= 0.6 is 0 Å². The van der Waals surface area contributed by atoms with Gasteiger partial charge in [-0.1, -0.05) is 19.4 Å². The Labute approximate surface area is 75.3 Å². The van der Waals surface area contributed by atoms with Gasteiger partial charge in [0.2, 0.25) is 5.91 Å². The van der Waals surface area contributed by atoms with E-state index >= 15 is 0 Å². The summed E-state index contributed by atoms with van der Waals surface area (Å²) in [5, 5.41) is 0. The minimum atomic E-state index is 0.184. The molecule has 2 heteroatoms. The lowest BCUT2D eigenvalue weighted by atomic mass is 10.0. The van der Waals surface area contributed by atoms with Crippen LogP contribution in [-0.4, -0.2) is 24.4 Å². The standard InChI is InChI=1S/C8H13NO.C2H6/c1-6-4-5-9(3)8(10)7(6)2;1-2/h4-5H2,1-3H3;1-2H3. The van der Waals surface area contributed by atoms with Crippen LogP contribution in [-0.2, 0) is 4.79 Å². The molecule has 0 saturated carbocycles. The fourth-order valence-corrected chi connectivity index (χ4v) is 1.09. The first-order valence-electron chi connectivity index (χ1n) is 4.54. The van der Waals surface area contributed by atoms with Gasteiger partial charge in [-0.15, -0.1) is 0 Å². The van der Waals surface area contributed by atoms with E-state index in [-0.39, 0.29) is 5.91 Å². The number of likely N-dealkylation sites (N-methyl/N-ethyl adjacent to an activating group) is 1. The molecule has 0 atom stereocenters. The lowest BCUT2D eigenvalue weighted by Gasteiger charge is -2.23. The molecule has 0 aliphatic carbocycles. The van der Waals surface area contributed by atoms with Crippen LogP contribution in [0.25, 0.3) is 0 Å². The van der Waals surface area contributed by atoms with E-state index in [0.29, 0.717) is 0 Å². The van der Waals surface area contributed by atoms with Crippen LogP contribution in [0.3, 0.4) is 0 Å². The highest BCUT2D eigenvalue weighted by molar-refractivity contribution is 5.94. The van der Waals surface area contributed by atoms with Gasteiger partial charge in [-0.05, 0) is 20.3 Å². The van der Waals surface area contributed by atoms with Crippen molar-refractivity contribution < 1.29 is 4.79 Å². The molecule has 0 spiro atoms. The van der Waals surface area contributed by atoms with Crippen molar-refractivity contribution in [1.29, 1.82) is 0 Å². The maximum absolute atomic E-state index is 11.2. The van der Waals surface area contributed by atoms with Crippen LogP contribution in [0.4, 0.5) is 0 Å². The Hall–Kier alpha value is -0.790. The van der Waals surface area contributed by atoms with Crippen molar-refractivity contribution in [2.45, 2.75) is 34.1 Å².